The van der Waals surface area contributed by atoms with Crippen LogP contribution in [0.2, 0.25) is 0 Å². The summed E-state index contributed by atoms with van der Waals surface area (Å²) in [5.41, 5.74) is 3.14. The number of hydrogen-bond donors (Lipinski definition) is 0. The van der Waals surface area contributed by atoms with Crippen LogP contribution in [0.15, 0.2) is 146 Å². The number of ether oxygens (including phenoxy) is 5. The topological polar surface area (TPSA) is 248 Å². The van der Waals surface area contributed by atoms with E-state index in [0.717, 1.165) is 11.6 Å². The molecule has 0 unspecified atom stereocenters. The van der Waals surface area contributed by atoms with Gasteiger partial charge >= 0.3 is 17.9 Å². The highest BCUT2D eigenvalue weighted by atomic mass is 16.6. The first-order chi connectivity index (χ1) is 34.9. The fourth-order valence-corrected chi connectivity index (χ4v) is 6.83. The van der Waals surface area contributed by atoms with Gasteiger partial charge in [0.1, 0.15) is 30.5 Å². The second kappa shape index (κ2) is 26.1. The first-order valence-corrected chi connectivity index (χ1v) is 22.3. The van der Waals surface area contributed by atoms with Crippen molar-refractivity contribution in [3.63, 3.8) is 0 Å². The van der Waals surface area contributed by atoms with Crippen molar-refractivity contribution in [1.82, 2.24) is 0 Å². The van der Waals surface area contributed by atoms with E-state index in [-0.39, 0.29) is 40.5 Å². The fraction of sp³-hybridized carbons (Fsp3) is 0.164. The minimum atomic E-state index is -0.800. The molecular weight excluding hydrogens is 925 g/mol. The maximum absolute atomic E-state index is 12.9. The number of unbranched alkanes of at least 4 members (excludes halogenated alkanes) is 2. The molecule has 0 fully saturated rings. The molecule has 0 spiro atoms. The lowest BCUT2D eigenvalue weighted by atomic mass is 9.95. The van der Waals surface area contributed by atoms with E-state index in [1.165, 1.54) is 66.8 Å². The molecule has 0 aromatic heterocycles. The summed E-state index contributed by atoms with van der Waals surface area (Å²) in [5, 5.41) is 40.9. The second-order valence-electron chi connectivity index (χ2n) is 15.6. The smallest absolute Gasteiger partial charge is 0.343 e. The highest BCUT2D eigenvalue weighted by Gasteiger charge is 2.20. The van der Waals surface area contributed by atoms with Crippen molar-refractivity contribution in [2.24, 2.45) is 0 Å². The number of non-ortho nitro benzene ring substituents is 2. The van der Waals surface area contributed by atoms with E-state index in [9.17, 15) is 39.4 Å². The van der Waals surface area contributed by atoms with Crippen LogP contribution in [0.3, 0.4) is 0 Å². The molecule has 0 amide bonds. The van der Waals surface area contributed by atoms with Crippen LogP contribution in [0, 0.1) is 42.9 Å². The number of esters is 3. The predicted octanol–water partition coefficient (Wildman–Crippen LogP) is 10.7. The van der Waals surface area contributed by atoms with Crippen LogP contribution in [0.4, 0.5) is 11.4 Å². The highest BCUT2D eigenvalue weighted by Crippen LogP contribution is 2.33. The number of hydrogen-bond acceptors (Lipinski definition) is 15. The molecule has 0 heterocycles. The van der Waals surface area contributed by atoms with Gasteiger partial charge in [-0.15, -0.1) is 0 Å². The molecule has 6 aromatic carbocycles. The van der Waals surface area contributed by atoms with Crippen LogP contribution in [-0.2, 0) is 38.7 Å². The Morgan fingerprint density at radius 2 is 0.972 bits per heavy atom. The molecule has 6 aromatic rings. The summed E-state index contributed by atoms with van der Waals surface area (Å²) in [4.78, 5) is 73.8. The maximum atomic E-state index is 12.9. The van der Waals surface area contributed by atoms with Gasteiger partial charge in [-0.1, -0.05) is 36.4 Å². The summed E-state index contributed by atoms with van der Waals surface area (Å²) >= 11 is 0. The van der Waals surface area contributed by atoms with Crippen molar-refractivity contribution < 1.29 is 52.7 Å². The Kier molecular flexibility index (Phi) is 18.7. The van der Waals surface area contributed by atoms with E-state index in [1.54, 1.807) is 84.9 Å². The maximum Gasteiger partial charge on any atom is 0.343 e. The number of nitro benzene ring substituents is 2. The van der Waals surface area contributed by atoms with Crippen LogP contribution in [0.1, 0.15) is 74.2 Å². The van der Waals surface area contributed by atoms with Gasteiger partial charge in [0.05, 0.1) is 40.8 Å². The molecule has 72 heavy (non-hydrogen) atoms. The second-order valence-corrected chi connectivity index (χ2v) is 15.6. The van der Waals surface area contributed by atoms with E-state index in [0.29, 0.717) is 83.8 Å². The number of carbonyl (C=O) groups excluding carboxylic acids is 4. The number of nitro groups is 2. The number of benzene rings is 6. The first kappa shape index (κ1) is 51.6. The summed E-state index contributed by atoms with van der Waals surface area (Å²) in [6.45, 7) is -0.0950. The quantitative estimate of drug-likeness (QED) is 0.0104. The Labute approximate surface area is 413 Å². The van der Waals surface area contributed by atoms with E-state index in [4.69, 9.17) is 34.2 Å². The molecule has 0 atom stereocenters. The molecule has 0 saturated carbocycles. The SMILES string of the molecule is N#CCCCOc1ccc(C(=O)Cc2ccc(/C=C/C(=O)OCc3cc([N+](=O)[O-])ccc3-c3ccc([N+](=O)[O-])cc3COC(=O)/C=C/c3ccc(OC(=O)c4ccc(OCCCC#N)cc4)cc3)cc2)cc1. The van der Waals surface area contributed by atoms with E-state index in [1.807, 2.05) is 6.07 Å². The largest absolute Gasteiger partial charge is 0.494 e. The zero-order valence-corrected chi connectivity index (χ0v) is 38.5. The Morgan fingerprint density at radius 1 is 0.542 bits per heavy atom. The van der Waals surface area contributed by atoms with E-state index in [2.05, 4.69) is 6.07 Å². The number of nitriles is 2. The van der Waals surface area contributed by atoms with Crippen LogP contribution < -0.4 is 14.2 Å². The average molecular weight is 969 g/mol. The van der Waals surface area contributed by atoms with Crippen molar-refractivity contribution in [3.8, 4) is 40.5 Å². The molecule has 0 aliphatic heterocycles. The number of carbonyl (C=O) groups is 4. The van der Waals surface area contributed by atoms with Gasteiger partial charge in [-0.2, -0.15) is 10.5 Å². The number of Topliss-reactive ketones (excluding diaryl/α,β-unsaturated/α-hetero) is 1. The number of nitrogens with zero attached hydrogens (tertiary/aromatic N) is 4. The molecule has 17 heteroatoms. The number of rotatable bonds is 24. The molecule has 0 N–H and O–H groups in total. The lowest BCUT2D eigenvalue weighted by molar-refractivity contribution is -0.385. The summed E-state index contributed by atoms with van der Waals surface area (Å²) in [6, 6.07) is 38.2. The van der Waals surface area contributed by atoms with Gasteiger partial charge in [-0.3, -0.25) is 25.0 Å². The molecule has 6 rings (SSSR count). The Bertz CT molecular complexity index is 2850. The molecule has 362 valence electrons. The molecule has 0 saturated heterocycles. The third-order valence-electron chi connectivity index (χ3n) is 10.6. The molecule has 17 nitrogen and oxygen atoms in total. The number of ketones is 1. The van der Waals surface area contributed by atoms with Gasteiger partial charge in [0.15, 0.2) is 5.78 Å². The van der Waals surface area contributed by atoms with Gasteiger partial charge in [0.25, 0.3) is 11.4 Å². The van der Waals surface area contributed by atoms with Crippen molar-refractivity contribution in [2.45, 2.75) is 45.3 Å². The Balaban J connectivity index is 1.05. The van der Waals surface area contributed by atoms with Crippen LogP contribution in [-0.4, -0.2) is 46.8 Å². The van der Waals surface area contributed by atoms with Crippen LogP contribution in [0.25, 0.3) is 23.3 Å². The zero-order chi connectivity index (χ0) is 51.2. The van der Waals surface area contributed by atoms with Gasteiger partial charge in [0, 0.05) is 72.4 Å². The Morgan fingerprint density at radius 3 is 1.42 bits per heavy atom. The monoisotopic (exact) mass is 968 g/mol. The predicted molar refractivity (Wildman–Crippen MR) is 262 cm³/mol. The van der Waals surface area contributed by atoms with Crippen molar-refractivity contribution in [2.75, 3.05) is 13.2 Å². The fourth-order valence-electron chi connectivity index (χ4n) is 6.83. The zero-order valence-electron chi connectivity index (χ0n) is 38.5. The molecule has 0 bridgehead atoms. The van der Waals surface area contributed by atoms with Crippen molar-refractivity contribution in [1.29, 1.82) is 10.5 Å². The molecule has 0 aliphatic rings. The molecular formula is C55H44N4O13. The van der Waals surface area contributed by atoms with Crippen LogP contribution >= 0.6 is 0 Å². The first-order valence-electron chi connectivity index (χ1n) is 22.3. The van der Waals surface area contributed by atoms with Crippen LogP contribution in [0.5, 0.6) is 17.2 Å². The van der Waals surface area contributed by atoms with Gasteiger partial charge in [-0.05, 0) is 126 Å². The average Bonchev–Trinajstić information content (AvgIpc) is 3.39. The minimum Gasteiger partial charge on any atom is -0.494 e. The summed E-state index contributed by atoms with van der Waals surface area (Å²) < 4.78 is 27.6. The van der Waals surface area contributed by atoms with Crippen molar-refractivity contribution >= 4 is 47.2 Å². The van der Waals surface area contributed by atoms with Gasteiger partial charge < -0.3 is 23.7 Å². The molecule has 0 radical (unpaired) electrons. The normalized spacial score (nSPS) is 10.8. The third-order valence-corrected chi connectivity index (χ3v) is 10.6. The summed E-state index contributed by atoms with van der Waals surface area (Å²) in [5.74, 6) is -0.877. The lowest BCUT2D eigenvalue weighted by Gasteiger charge is -2.14. The third kappa shape index (κ3) is 15.7. The highest BCUT2D eigenvalue weighted by molar-refractivity contribution is 5.97. The van der Waals surface area contributed by atoms with E-state index >= 15 is 0 Å². The summed E-state index contributed by atoms with van der Waals surface area (Å²) in [6.07, 6.45) is 7.38. The molecule has 0 aliphatic carbocycles. The van der Waals surface area contributed by atoms with E-state index < -0.39 is 41.0 Å². The Hall–Kier alpha value is -9.74. The minimum absolute atomic E-state index is 0.104. The lowest BCUT2D eigenvalue weighted by Crippen LogP contribution is -2.08. The summed E-state index contributed by atoms with van der Waals surface area (Å²) in [7, 11) is 0. The van der Waals surface area contributed by atoms with Gasteiger partial charge in [0.2, 0.25) is 0 Å². The standard InChI is InChI=1S/C55H44N4O13/c56-29-1-3-31-68-47-21-13-41(14-22-47)52(60)33-40-7-5-38(6-8-40)11-27-53(61)70-36-43-34-45(58(64)65)17-25-50(43)51-26-18-46(59(66)67)35-44(51)37-71-54(62)28-12-39-9-19-49(20-10-39)72-55(63)42-15-23-48(24-16-42)69-32-4-2-30-57/h5-28,34-35H,1-4,31-33,36-37H2/b27-11+,28-12+. The van der Waals surface area contributed by atoms with Gasteiger partial charge in [-0.25, -0.2) is 14.4 Å². The van der Waals surface area contributed by atoms with Crippen molar-refractivity contribution in [3.05, 3.63) is 205 Å².